The normalized spacial score (nSPS) is 10.4. The van der Waals surface area contributed by atoms with Crippen molar-refractivity contribution in [3.05, 3.63) is 58.1 Å². The summed E-state index contributed by atoms with van der Waals surface area (Å²) in [5.41, 5.74) is 2.97. The third-order valence-corrected chi connectivity index (χ3v) is 3.04. The van der Waals surface area contributed by atoms with Crippen molar-refractivity contribution in [2.24, 2.45) is 0 Å². The third-order valence-electron chi connectivity index (χ3n) is 2.74. The Morgan fingerprint density at radius 3 is 2.50 bits per heavy atom. The average molecular weight is 263 g/mol. The Labute approximate surface area is 112 Å². The molecule has 0 aliphatic rings. The van der Waals surface area contributed by atoms with Crippen LogP contribution >= 0.6 is 11.6 Å². The van der Waals surface area contributed by atoms with Crippen LogP contribution in [0.2, 0.25) is 5.02 Å². The van der Waals surface area contributed by atoms with Crippen LogP contribution in [0.5, 0.6) is 11.5 Å². The quantitative estimate of drug-likeness (QED) is 0.896. The molecule has 1 N–H and O–H groups in total. The zero-order valence-corrected chi connectivity index (χ0v) is 11.2. The van der Waals surface area contributed by atoms with Gasteiger partial charge in [-0.25, -0.2) is 0 Å². The molecule has 2 aromatic rings. The number of aryl methyl sites for hydroxylation is 2. The van der Waals surface area contributed by atoms with E-state index in [1.807, 2.05) is 32.0 Å². The highest BCUT2D eigenvalue weighted by molar-refractivity contribution is 6.32. The van der Waals surface area contributed by atoms with Gasteiger partial charge in [0.05, 0.1) is 11.6 Å². The van der Waals surface area contributed by atoms with Gasteiger partial charge in [0.2, 0.25) is 0 Å². The van der Waals surface area contributed by atoms with E-state index in [-0.39, 0.29) is 6.61 Å². The summed E-state index contributed by atoms with van der Waals surface area (Å²) in [4.78, 5) is 0. The van der Waals surface area contributed by atoms with Gasteiger partial charge in [0, 0.05) is 0 Å². The molecule has 0 unspecified atom stereocenters. The van der Waals surface area contributed by atoms with Crippen molar-refractivity contribution in [1.29, 1.82) is 0 Å². The van der Waals surface area contributed by atoms with Gasteiger partial charge >= 0.3 is 0 Å². The minimum atomic E-state index is -0.0243. The largest absolute Gasteiger partial charge is 0.456 e. The van der Waals surface area contributed by atoms with Crippen LogP contribution in [0.25, 0.3) is 0 Å². The topological polar surface area (TPSA) is 29.5 Å². The van der Waals surface area contributed by atoms with Crippen molar-refractivity contribution < 1.29 is 9.84 Å². The molecule has 18 heavy (non-hydrogen) atoms. The van der Waals surface area contributed by atoms with Gasteiger partial charge in [-0.15, -0.1) is 0 Å². The number of ether oxygens (including phenoxy) is 1. The van der Waals surface area contributed by atoms with Crippen LogP contribution in [0.1, 0.15) is 16.7 Å². The van der Waals surface area contributed by atoms with Crippen molar-refractivity contribution in [2.45, 2.75) is 20.5 Å². The summed E-state index contributed by atoms with van der Waals surface area (Å²) in [6, 6.07) is 11.3. The summed E-state index contributed by atoms with van der Waals surface area (Å²) < 4.78 is 5.81. The Hall–Kier alpha value is -1.51. The van der Waals surface area contributed by atoms with Crippen LogP contribution in [0.4, 0.5) is 0 Å². The SMILES string of the molecule is Cc1ccc(C)c(Oc2ccc(CO)cc2Cl)c1. The lowest BCUT2D eigenvalue weighted by molar-refractivity contribution is 0.281. The van der Waals surface area contributed by atoms with E-state index in [4.69, 9.17) is 21.4 Å². The Bertz CT molecular complexity index is 564. The van der Waals surface area contributed by atoms with E-state index in [9.17, 15) is 0 Å². The fraction of sp³-hybridized carbons (Fsp3) is 0.200. The smallest absolute Gasteiger partial charge is 0.146 e. The zero-order valence-electron chi connectivity index (χ0n) is 10.4. The fourth-order valence-corrected chi connectivity index (χ4v) is 1.90. The number of hydrogen-bond donors (Lipinski definition) is 1. The van der Waals surface area contributed by atoms with E-state index in [1.165, 1.54) is 0 Å². The minimum Gasteiger partial charge on any atom is -0.456 e. The molecule has 3 heteroatoms. The van der Waals surface area contributed by atoms with Crippen molar-refractivity contribution >= 4 is 11.6 Å². The first-order valence-corrected chi connectivity index (χ1v) is 6.12. The first kappa shape index (κ1) is 12.9. The Kier molecular flexibility index (Phi) is 3.90. The van der Waals surface area contributed by atoms with E-state index < -0.39 is 0 Å². The standard InChI is InChI=1S/C15H15ClO2/c1-10-3-4-11(2)15(7-10)18-14-6-5-12(9-17)8-13(14)16/h3-8,17H,9H2,1-2H3. The Balaban J connectivity index is 2.31. The van der Waals surface area contributed by atoms with Gasteiger partial charge in [0.25, 0.3) is 0 Å². The van der Waals surface area contributed by atoms with Crippen LogP contribution in [0.15, 0.2) is 36.4 Å². The molecule has 2 aromatic carbocycles. The monoisotopic (exact) mass is 262 g/mol. The van der Waals surface area contributed by atoms with E-state index in [0.29, 0.717) is 10.8 Å². The molecule has 0 aromatic heterocycles. The molecule has 0 amide bonds. The molecule has 94 valence electrons. The number of aliphatic hydroxyl groups excluding tert-OH is 1. The maximum atomic E-state index is 9.02. The van der Waals surface area contributed by atoms with Gasteiger partial charge < -0.3 is 9.84 Å². The summed E-state index contributed by atoms with van der Waals surface area (Å²) in [7, 11) is 0. The lowest BCUT2D eigenvalue weighted by atomic mass is 10.1. The van der Waals surface area contributed by atoms with Gasteiger partial charge in [0.1, 0.15) is 11.5 Å². The number of hydrogen-bond acceptors (Lipinski definition) is 2. The fourth-order valence-electron chi connectivity index (χ4n) is 1.66. The van der Waals surface area contributed by atoms with E-state index >= 15 is 0 Å². The molecule has 2 rings (SSSR count). The van der Waals surface area contributed by atoms with Gasteiger partial charge in [-0.3, -0.25) is 0 Å². The highest BCUT2D eigenvalue weighted by atomic mass is 35.5. The van der Waals surface area contributed by atoms with E-state index in [2.05, 4.69) is 0 Å². The van der Waals surface area contributed by atoms with Gasteiger partial charge in [-0.05, 0) is 48.7 Å². The second-order valence-electron chi connectivity index (χ2n) is 4.29. The number of halogens is 1. The Morgan fingerprint density at radius 1 is 1.06 bits per heavy atom. The second-order valence-corrected chi connectivity index (χ2v) is 4.70. The summed E-state index contributed by atoms with van der Waals surface area (Å²) in [6.45, 7) is 3.98. The van der Waals surface area contributed by atoms with E-state index in [1.54, 1.807) is 18.2 Å². The summed E-state index contributed by atoms with van der Waals surface area (Å²) in [6.07, 6.45) is 0. The molecule has 0 saturated heterocycles. The summed E-state index contributed by atoms with van der Waals surface area (Å²) in [5.74, 6) is 1.40. The van der Waals surface area contributed by atoms with Crippen LogP contribution in [-0.2, 0) is 6.61 Å². The molecular weight excluding hydrogens is 248 g/mol. The number of rotatable bonds is 3. The summed E-state index contributed by atoms with van der Waals surface area (Å²) in [5, 5.41) is 9.53. The van der Waals surface area contributed by atoms with Crippen molar-refractivity contribution in [2.75, 3.05) is 0 Å². The van der Waals surface area contributed by atoms with Gasteiger partial charge in [-0.2, -0.15) is 0 Å². The third kappa shape index (κ3) is 2.84. The molecule has 0 aliphatic heterocycles. The molecule has 0 fully saturated rings. The molecular formula is C15H15ClO2. The first-order chi connectivity index (χ1) is 8.60. The van der Waals surface area contributed by atoms with Gasteiger partial charge in [-0.1, -0.05) is 29.8 Å². The molecule has 0 bridgehead atoms. The molecule has 0 atom stereocenters. The first-order valence-electron chi connectivity index (χ1n) is 5.74. The lowest BCUT2D eigenvalue weighted by Crippen LogP contribution is -1.91. The summed E-state index contributed by atoms with van der Waals surface area (Å²) >= 11 is 6.11. The zero-order chi connectivity index (χ0) is 13.1. The van der Waals surface area contributed by atoms with Crippen LogP contribution < -0.4 is 4.74 Å². The average Bonchev–Trinajstić information content (AvgIpc) is 2.36. The van der Waals surface area contributed by atoms with Crippen molar-refractivity contribution in [3.8, 4) is 11.5 Å². The predicted molar refractivity (Wildman–Crippen MR) is 73.4 cm³/mol. The van der Waals surface area contributed by atoms with Crippen LogP contribution in [0, 0.1) is 13.8 Å². The highest BCUT2D eigenvalue weighted by Gasteiger charge is 2.06. The molecule has 0 radical (unpaired) electrons. The highest BCUT2D eigenvalue weighted by Crippen LogP contribution is 2.32. The Morgan fingerprint density at radius 2 is 1.83 bits per heavy atom. The van der Waals surface area contributed by atoms with Crippen molar-refractivity contribution in [1.82, 2.24) is 0 Å². The molecule has 0 saturated carbocycles. The molecule has 0 aliphatic carbocycles. The van der Waals surface area contributed by atoms with Crippen LogP contribution in [-0.4, -0.2) is 5.11 Å². The van der Waals surface area contributed by atoms with Gasteiger partial charge in [0.15, 0.2) is 0 Å². The molecule has 0 spiro atoms. The lowest BCUT2D eigenvalue weighted by Gasteiger charge is -2.11. The minimum absolute atomic E-state index is 0.0243. The second kappa shape index (κ2) is 5.42. The van der Waals surface area contributed by atoms with E-state index in [0.717, 1.165) is 22.4 Å². The molecule has 2 nitrogen and oxygen atoms in total. The molecule has 0 heterocycles. The number of aliphatic hydroxyl groups is 1. The maximum absolute atomic E-state index is 9.02. The van der Waals surface area contributed by atoms with Crippen LogP contribution in [0.3, 0.4) is 0 Å². The predicted octanol–water partition coefficient (Wildman–Crippen LogP) is 4.24. The maximum Gasteiger partial charge on any atom is 0.146 e. The van der Waals surface area contributed by atoms with Crippen molar-refractivity contribution in [3.63, 3.8) is 0 Å². The number of benzene rings is 2.